The van der Waals surface area contributed by atoms with Gasteiger partial charge < -0.3 is 15.7 Å². The fourth-order valence-corrected chi connectivity index (χ4v) is 3.36. The number of rotatable bonds is 12. The number of fused-ring (bicyclic) bond motifs is 1. The lowest BCUT2D eigenvalue weighted by atomic mass is 10.00. The third-order valence-corrected chi connectivity index (χ3v) is 4.82. The minimum Gasteiger partial charge on any atom is -0.481 e. The predicted molar refractivity (Wildman–Crippen MR) is 106 cm³/mol. The zero-order chi connectivity index (χ0) is 18.8. The predicted octanol–water partition coefficient (Wildman–Crippen LogP) is 4.42. The Balaban J connectivity index is 1.82. The highest BCUT2D eigenvalue weighted by Gasteiger charge is 2.14. The van der Waals surface area contributed by atoms with Gasteiger partial charge in [0, 0.05) is 30.9 Å². The van der Waals surface area contributed by atoms with Gasteiger partial charge in [-0.25, -0.2) is 4.98 Å². The number of aromatic nitrogens is 1. The molecule has 0 amide bonds. The summed E-state index contributed by atoms with van der Waals surface area (Å²) in [6.07, 6.45) is 9.97. The van der Waals surface area contributed by atoms with Gasteiger partial charge in [-0.3, -0.25) is 4.79 Å². The van der Waals surface area contributed by atoms with Crippen LogP contribution in [0.2, 0.25) is 0 Å². The highest BCUT2D eigenvalue weighted by molar-refractivity contribution is 5.66. The van der Waals surface area contributed by atoms with Gasteiger partial charge in [-0.1, -0.05) is 32.3 Å². The smallest absolute Gasteiger partial charge is 0.303 e. The number of nitrogens with one attached hydrogen (secondary N) is 2. The Morgan fingerprint density at radius 1 is 1.27 bits per heavy atom. The fourth-order valence-electron chi connectivity index (χ4n) is 3.36. The number of hydrogen-bond acceptors (Lipinski definition) is 4. The molecule has 5 nitrogen and oxygen atoms in total. The molecule has 1 aliphatic rings. The van der Waals surface area contributed by atoms with E-state index in [0.717, 1.165) is 63.1 Å². The molecule has 0 saturated carbocycles. The first-order chi connectivity index (χ1) is 12.6. The summed E-state index contributed by atoms with van der Waals surface area (Å²) in [5, 5.41) is 15.4. The van der Waals surface area contributed by atoms with E-state index >= 15 is 0 Å². The molecule has 0 aliphatic carbocycles. The molecule has 1 aliphatic heterocycles. The quantitative estimate of drug-likeness (QED) is 0.482. The first kappa shape index (κ1) is 20.3. The van der Waals surface area contributed by atoms with Gasteiger partial charge in [0.2, 0.25) is 0 Å². The Labute approximate surface area is 157 Å². The topological polar surface area (TPSA) is 74.2 Å². The van der Waals surface area contributed by atoms with Crippen LogP contribution in [-0.4, -0.2) is 22.6 Å². The number of carboxylic acid groups (broad SMARTS) is 1. The van der Waals surface area contributed by atoms with Crippen LogP contribution in [0, 0.1) is 0 Å². The van der Waals surface area contributed by atoms with E-state index in [0.29, 0.717) is 6.42 Å². The van der Waals surface area contributed by atoms with Crippen LogP contribution in [-0.2, 0) is 24.2 Å². The molecule has 2 heterocycles. The van der Waals surface area contributed by atoms with E-state index in [1.165, 1.54) is 36.1 Å². The first-order valence-corrected chi connectivity index (χ1v) is 9.93. The molecule has 0 bridgehead atoms. The van der Waals surface area contributed by atoms with Gasteiger partial charge in [-0.2, -0.15) is 0 Å². The molecule has 1 aromatic heterocycles. The molecule has 0 spiro atoms. The summed E-state index contributed by atoms with van der Waals surface area (Å²) in [7, 11) is 0. The van der Waals surface area contributed by atoms with Crippen LogP contribution in [0.3, 0.4) is 0 Å². The molecule has 0 unspecified atom stereocenters. The molecule has 1 aromatic rings. The molecule has 0 aromatic carbocycles. The maximum atomic E-state index is 10.5. The second-order valence-corrected chi connectivity index (χ2v) is 7.28. The standard InChI is InChI=1S/C21H33N3O2/c1-16(2)23-15-18-14-17-10-9-13-22-21(17)24-19(18)11-7-5-3-4-6-8-12-20(25)26/h14,23H,1,3-13,15H2,2H3,(H,22,24)(H,25,26). The van der Waals surface area contributed by atoms with Crippen molar-refractivity contribution >= 4 is 11.8 Å². The lowest BCUT2D eigenvalue weighted by Gasteiger charge is -2.20. The van der Waals surface area contributed by atoms with E-state index < -0.39 is 5.97 Å². The van der Waals surface area contributed by atoms with Crippen molar-refractivity contribution in [2.45, 2.75) is 77.7 Å². The van der Waals surface area contributed by atoms with E-state index in [1.807, 2.05) is 6.92 Å². The van der Waals surface area contributed by atoms with E-state index in [2.05, 4.69) is 23.3 Å². The van der Waals surface area contributed by atoms with Crippen molar-refractivity contribution in [2.24, 2.45) is 0 Å². The maximum absolute atomic E-state index is 10.5. The summed E-state index contributed by atoms with van der Waals surface area (Å²) in [5.41, 5.74) is 4.79. The van der Waals surface area contributed by atoms with Gasteiger partial charge in [0.15, 0.2) is 0 Å². The number of carbonyl (C=O) groups is 1. The lowest BCUT2D eigenvalue weighted by molar-refractivity contribution is -0.137. The molecule has 0 saturated heterocycles. The zero-order valence-corrected chi connectivity index (χ0v) is 16.1. The van der Waals surface area contributed by atoms with Crippen molar-refractivity contribution < 1.29 is 9.90 Å². The van der Waals surface area contributed by atoms with E-state index in [-0.39, 0.29) is 0 Å². The molecule has 144 valence electrons. The van der Waals surface area contributed by atoms with Crippen molar-refractivity contribution in [1.82, 2.24) is 10.3 Å². The van der Waals surface area contributed by atoms with E-state index in [9.17, 15) is 4.79 Å². The molecule has 0 radical (unpaired) electrons. The molecule has 26 heavy (non-hydrogen) atoms. The average molecular weight is 360 g/mol. The van der Waals surface area contributed by atoms with Gasteiger partial charge >= 0.3 is 5.97 Å². The average Bonchev–Trinajstić information content (AvgIpc) is 2.61. The Kier molecular flexibility index (Phi) is 8.45. The number of pyridine rings is 1. The van der Waals surface area contributed by atoms with Gasteiger partial charge in [0.1, 0.15) is 5.82 Å². The molecule has 5 heteroatoms. The van der Waals surface area contributed by atoms with Crippen LogP contribution in [0.25, 0.3) is 0 Å². The minimum atomic E-state index is -0.687. The van der Waals surface area contributed by atoms with Gasteiger partial charge in [-0.15, -0.1) is 0 Å². The number of carboxylic acids is 1. The molecule has 0 fully saturated rings. The fraction of sp³-hybridized carbons (Fsp3) is 0.619. The molecular weight excluding hydrogens is 326 g/mol. The van der Waals surface area contributed by atoms with Gasteiger partial charge in [-0.05, 0) is 56.2 Å². The normalized spacial score (nSPS) is 13.0. The monoisotopic (exact) mass is 359 g/mol. The van der Waals surface area contributed by atoms with Crippen molar-refractivity contribution in [3.63, 3.8) is 0 Å². The maximum Gasteiger partial charge on any atom is 0.303 e. The Hall–Kier alpha value is -2.04. The van der Waals surface area contributed by atoms with Gasteiger partial charge in [0.25, 0.3) is 0 Å². The van der Waals surface area contributed by atoms with Crippen LogP contribution in [0.5, 0.6) is 0 Å². The number of nitrogens with zero attached hydrogens (tertiary/aromatic N) is 1. The van der Waals surface area contributed by atoms with Crippen molar-refractivity contribution in [3.05, 3.63) is 35.2 Å². The number of unbranched alkanes of at least 4 members (excludes halogenated alkanes) is 5. The third-order valence-electron chi connectivity index (χ3n) is 4.82. The second kappa shape index (κ2) is 10.8. The van der Waals surface area contributed by atoms with Crippen LogP contribution >= 0.6 is 0 Å². The van der Waals surface area contributed by atoms with E-state index in [4.69, 9.17) is 10.1 Å². The summed E-state index contributed by atoms with van der Waals surface area (Å²) >= 11 is 0. The summed E-state index contributed by atoms with van der Waals surface area (Å²) < 4.78 is 0. The number of aryl methyl sites for hydroxylation is 2. The number of allylic oxidation sites excluding steroid dienone is 1. The third kappa shape index (κ3) is 7.06. The van der Waals surface area contributed by atoms with Crippen molar-refractivity contribution in [3.8, 4) is 0 Å². The number of anilines is 1. The second-order valence-electron chi connectivity index (χ2n) is 7.28. The summed E-state index contributed by atoms with van der Waals surface area (Å²) in [6, 6.07) is 2.31. The first-order valence-electron chi connectivity index (χ1n) is 9.93. The minimum absolute atomic E-state index is 0.297. The number of hydrogen-bond donors (Lipinski definition) is 3. The van der Waals surface area contributed by atoms with Crippen LogP contribution in [0.15, 0.2) is 18.3 Å². The summed E-state index contributed by atoms with van der Waals surface area (Å²) in [6.45, 7) is 7.72. The summed E-state index contributed by atoms with van der Waals surface area (Å²) in [5.74, 6) is 0.381. The van der Waals surface area contributed by atoms with Crippen molar-refractivity contribution in [1.29, 1.82) is 0 Å². The van der Waals surface area contributed by atoms with E-state index in [1.54, 1.807) is 0 Å². The Bertz CT molecular complexity index is 614. The highest BCUT2D eigenvalue weighted by Crippen LogP contribution is 2.24. The van der Waals surface area contributed by atoms with Crippen molar-refractivity contribution in [2.75, 3.05) is 11.9 Å². The molecular formula is C21H33N3O2. The lowest BCUT2D eigenvalue weighted by Crippen LogP contribution is -2.18. The molecule has 2 rings (SSSR count). The largest absolute Gasteiger partial charge is 0.481 e. The van der Waals surface area contributed by atoms with Crippen LogP contribution < -0.4 is 10.6 Å². The Morgan fingerprint density at radius 2 is 2.00 bits per heavy atom. The summed E-state index contributed by atoms with van der Waals surface area (Å²) in [4.78, 5) is 15.4. The van der Waals surface area contributed by atoms with Crippen LogP contribution in [0.4, 0.5) is 5.82 Å². The number of aliphatic carboxylic acids is 1. The highest BCUT2D eigenvalue weighted by atomic mass is 16.4. The molecule has 3 N–H and O–H groups in total. The zero-order valence-electron chi connectivity index (χ0n) is 16.1. The molecule has 0 atom stereocenters. The SMILES string of the molecule is C=C(C)NCc1cc2c(nc1CCCCCCCCC(=O)O)NCCC2. The van der Waals surface area contributed by atoms with Crippen LogP contribution in [0.1, 0.15) is 75.1 Å². The Morgan fingerprint density at radius 3 is 2.73 bits per heavy atom. The van der Waals surface area contributed by atoms with Gasteiger partial charge in [0.05, 0.1) is 0 Å².